The molecule has 1 aliphatic heterocycles. The van der Waals surface area contributed by atoms with Crippen molar-refractivity contribution in [3.63, 3.8) is 0 Å². The molecule has 1 aliphatic rings. The molecular weight excluding hydrogens is 290 g/mol. The first-order chi connectivity index (χ1) is 11.3. The van der Waals surface area contributed by atoms with Crippen LogP contribution in [0.4, 0.5) is 0 Å². The number of nitrogens with zero attached hydrogens (tertiary/aromatic N) is 1. The van der Waals surface area contributed by atoms with E-state index in [1.165, 1.54) is 41.4 Å². The molecule has 0 saturated heterocycles. The number of hydrogen-bond acceptors (Lipinski definition) is 3. The molecule has 0 aliphatic carbocycles. The summed E-state index contributed by atoms with van der Waals surface area (Å²) in [5, 5.41) is 1.31. The van der Waals surface area contributed by atoms with E-state index >= 15 is 0 Å². The summed E-state index contributed by atoms with van der Waals surface area (Å²) in [4.78, 5) is 0. The van der Waals surface area contributed by atoms with Gasteiger partial charge < -0.3 is 18.8 Å². The molecule has 2 heterocycles. The summed E-state index contributed by atoms with van der Waals surface area (Å²) in [6, 6.07) is 6.32. The summed E-state index contributed by atoms with van der Waals surface area (Å²) in [6.45, 7) is 3.59. The maximum absolute atomic E-state index is 6.12. The van der Waals surface area contributed by atoms with Crippen LogP contribution in [0.1, 0.15) is 50.0 Å². The Kier molecular flexibility index (Phi) is 5.23. The molecule has 0 fully saturated rings. The molecule has 0 radical (unpaired) electrons. The summed E-state index contributed by atoms with van der Waals surface area (Å²) in [5.41, 5.74) is 3.91. The summed E-state index contributed by atoms with van der Waals surface area (Å²) < 4.78 is 19.3. The molecule has 0 bridgehead atoms. The Hall–Kier alpha value is -1.52. The molecular formula is C19H27NO3. The molecule has 1 unspecified atom stereocenters. The van der Waals surface area contributed by atoms with Crippen LogP contribution in [0.5, 0.6) is 5.75 Å². The van der Waals surface area contributed by atoms with E-state index in [4.69, 9.17) is 14.2 Å². The van der Waals surface area contributed by atoms with E-state index in [1.807, 2.05) is 6.07 Å². The highest BCUT2D eigenvalue weighted by molar-refractivity contribution is 5.87. The number of ether oxygens (including phenoxy) is 3. The van der Waals surface area contributed by atoms with E-state index in [0.29, 0.717) is 6.73 Å². The Morgan fingerprint density at radius 2 is 2.13 bits per heavy atom. The van der Waals surface area contributed by atoms with Gasteiger partial charge >= 0.3 is 0 Å². The predicted molar refractivity (Wildman–Crippen MR) is 92.0 cm³/mol. The topological polar surface area (TPSA) is 32.6 Å². The molecule has 23 heavy (non-hydrogen) atoms. The van der Waals surface area contributed by atoms with E-state index < -0.39 is 0 Å². The van der Waals surface area contributed by atoms with Crippen molar-refractivity contribution in [3.8, 4) is 5.75 Å². The minimum absolute atomic E-state index is 0.179. The zero-order chi connectivity index (χ0) is 16.2. The van der Waals surface area contributed by atoms with E-state index in [1.54, 1.807) is 14.2 Å². The van der Waals surface area contributed by atoms with Gasteiger partial charge in [0.1, 0.15) is 12.5 Å². The van der Waals surface area contributed by atoms with Crippen LogP contribution in [0.2, 0.25) is 0 Å². The van der Waals surface area contributed by atoms with Crippen molar-refractivity contribution in [1.82, 2.24) is 4.57 Å². The molecule has 0 saturated carbocycles. The minimum atomic E-state index is 0.179. The smallest absolute Gasteiger partial charge is 0.122 e. The van der Waals surface area contributed by atoms with E-state index in [2.05, 4.69) is 23.6 Å². The lowest BCUT2D eigenvalue weighted by atomic mass is 9.99. The average Bonchev–Trinajstić information content (AvgIpc) is 2.90. The van der Waals surface area contributed by atoms with Crippen molar-refractivity contribution in [3.05, 3.63) is 29.5 Å². The number of aromatic nitrogens is 1. The fraction of sp³-hybridized carbons (Fsp3) is 0.579. The molecule has 4 nitrogen and oxygen atoms in total. The summed E-state index contributed by atoms with van der Waals surface area (Å²) >= 11 is 0. The van der Waals surface area contributed by atoms with Crippen molar-refractivity contribution in [2.24, 2.45) is 0 Å². The summed E-state index contributed by atoms with van der Waals surface area (Å²) in [7, 11) is 3.45. The van der Waals surface area contributed by atoms with Gasteiger partial charge in [0.15, 0.2) is 0 Å². The second-order valence-corrected chi connectivity index (χ2v) is 6.20. The molecule has 2 aromatic rings. The molecule has 3 rings (SSSR count). The Morgan fingerprint density at radius 3 is 2.87 bits per heavy atom. The third-order valence-electron chi connectivity index (χ3n) is 4.72. The first-order valence-corrected chi connectivity index (χ1v) is 8.59. The highest BCUT2D eigenvalue weighted by Gasteiger charge is 2.28. The van der Waals surface area contributed by atoms with Crippen LogP contribution >= 0.6 is 0 Å². The molecule has 1 atom stereocenters. The van der Waals surface area contributed by atoms with Gasteiger partial charge in [-0.3, -0.25) is 0 Å². The van der Waals surface area contributed by atoms with Gasteiger partial charge in [0.05, 0.1) is 31.0 Å². The van der Waals surface area contributed by atoms with Crippen LogP contribution in [-0.2, 0) is 22.6 Å². The van der Waals surface area contributed by atoms with E-state index in [-0.39, 0.29) is 6.10 Å². The second-order valence-electron chi connectivity index (χ2n) is 6.20. The number of rotatable bonds is 7. The molecule has 0 amide bonds. The van der Waals surface area contributed by atoms with E-state index in [0.717, 1.165) is 25.2 Å². The third-order valence-corrected chi connectivity index (χ3v) is 4.72. The molecule has 126 valence electrons. The van der Waals surface area contributed by atoms with E-state index in [9.17, 15) is 0 Å². The van der Waals surface area contributed by atoms with Gasteiger partial charge in [-0.25, -0.2) is 0 Å². The molecule has 1 aromatic heterocycles. The molecule has 1 aromatic carbocycles. The maximum Gasteiger partial charge on any atom is 0.122 e. The van der Waals surface area contributed by atoms with Crippen LogP contribution in [0, 0.1) is 0 Å². The number of hydrogen-bond donors (Lipinski definition) is 0. The Labute approximate surface area is 138 Å². The predicted octanol–water partition coefficient (Wildman–Crippen LogP) is 4.45. The second kappa shape index (κ2) is 7.37. The fourth-order valence-corrected chi connectivity index (χ4v) is 3.63. The number of unbranched alkanes of at least 4 members (excludes halogenated alkanes) is 2. The average molecular weight is 317 g/mol. The van der Waals surface area contributed by atoms with Crippen LogP contribution in [0.15, 0.2) is 18.2 Å². The monoisotopic (exact) mass is 317 g/mol. The highest BCUT2D eigenvalue weighted by Crippen LogP contribution is 2.39. The SMILES string of the molecule is CCCCCC1OCCc2c1n(COC)c1cc(OC)ccc21. The number of benzene rings is 1. The van der Waals surface area contributed by atoms with Gasteiger partial charge in [0.25, 0.3) is 0 Å². The number of methoxy groups -OCH3 is 2. The maximum atomic E-state index is 6.12. The normalized spacial score (nSPS) is 17.4. The van der Waals surface area contributed by atoms with Crippen molar-refractivity contribution in [2.45, 2.75) is 51.9 Å². The first-order valence-electron chi connectivity index (χ1n) is 8.59. The summed E-state index contributed by atoms with van der Waals surface area (Å²) in [5.74, 6) is 0.883. The van der Waals surface area contributed by atoms with Crippen molar-refractivity contribution < 1.29 is 14.2 Å². The Morgan fingerprint density at radius 1 is 1.26 bits per heavy atom. The van der Waals surface area contributed by atoms with Gasteiger partial charge in [-0.05, 0) is 30.5 Å². The minimum Gasteiger partial charge on any atom is -0.497 e. The van der Waals surface area contributed by atoms with Crippen LogP contribution in [0.25, 0.3) is 10.9 Å². The van der Waals surface area contributed by atoms with Gasteiger partial charge in [0.2, 0.25) is 0 Å². The van der Waals surface area contributed by atoms with Gasteiger partial charge in [0, 0.05) is 18.6 Å². The number of fused-ring (bicyclic) bond motifs is 3. The third kappa shape index (κ3) is 3.10. The Bertz CT molecular complexity index is 662. The van der Waals surface area contributed by atoms with Crippen LogP contribution < -0.4 is 4.74 Å². The van der Waals surface area contributed by atoms with Crippen LogP contribution in [0.3, 0.4) is 0 Å². The van der Waals surface area contributed by atoms with Gasteiger partial charge in [-0.1, -0.05) is 26.2 Å². The zero-order valence-electron chi connectivity index (χ0n) is 14.4. The van der Waals surface area contributed by atoms with Gasteiger partial charge in [-0.15, -0.1) is 0 Å². The summed E-state index contributed by atoms with van der Waals surface area (Å²) in [6.07, 6.45) is 5.93. The van der Waals surface area contributed by atoms with Gasteiger partial charge in [-0.2, -0.15) is 0 Å². The Balaban J connectivity index is 2.07. The zero-order valence-corrected chi connectivity index (χ0v) is 14.4. The molecule has 0 spiro atoms. The lowest BCUT2D eigenvalue weighted by Crippen LogP contribution is -2.19. The molecule has 0 N–H and O–H groups in total. The van der Waals surface area contributed by atoms with Crippen LogP contribution in [-0.4, -0.2) is 25.4 Å². The standard InChI is InChI=1S/C19H27NO3/c1-4-5-6-7-18-19-16(10-11-23-18)15-9-8-14(22-3)12-17(15)20(19)13-21-2/h8-9,12,18H,4-7,10-11,13H2,1-3H3. The lowest BCUT2D eigenvalue weighted by molar-refractivity contribution is 0.0236. The fourth-order valence-electron chi connectivity index (χ4n) is 3.63. The molecule has 4 heteroatoms. The largest absolute Gasteiger partial charge is 0.497 e. The quantitative estimate of drug-likeness (QED) is 0.707. The van der Waals surface area contributed by atoms with Crippen molar-refractivity contribution in [1.29, 1.82) is 0 Å². The lowest BCUT2D eigenvalue weighted by Gasteiger charge is -2.26. The van der Waals surface area contributed by atoms with Crippen molar-refractivity contribution in [2.75, 3.05) is 20.8 Å². The van der Waals surface area contributed by atoms with Crippen molar-refractivity contribution >= 4 is 10.9 Å². The first kappa shape index (κ1) is 16.3. The highest BCUT2D eigenvalue weighted by atomic mass is 16.5.